The monoisotopic (exact) mass is 949 g/mol. The number of nitrogens with zero attached hydrogens (tertiary/aromatic N) is 6. The van der Waals surface area contributed by atoms with Crippen molar-refractivity contribution in [2.75, 3.05) is 51.8 Å². The zero-order valence-corrected chi connectivity index (χ0v) is 41.7. The number of likely N-dealkylation sites (tertiary alicyclic amines) is 1. The molecule has 2 saturated heterocycles. The maximum atomic E-state index is 14.7. The van der Waals surface area contributed by atoms with Crippen LogP contribution in [-0.4, -0.2) is 145 Å². The number of carbonyl (C=O) groups excluding carboxylic acids is 5. The van der Waals surface area contributed by atoms with Crippen LogP contribution in [0.3, 0.4) is 0 Å². The lowest BCUT2D eigenvalue weighted by Crippen LogP contribution is -2.59. The van der Waals surface area contributed by atoms with Crippen molar-refractivity contribution >= 4 is 61.7 Å². The molecule has 2 aliphatic heterocycles. The Bertz CT molecular complexity index is 1910. The molecule has 370 valence electrons. The van der Waals surface area contributed by atoms with Crippen molar-refractivity contribution in [3.05, 3.63) is 65.2 Å². The molecule has 67 heavy (non-hydrogen) atoms. The molecule has 1 aromatic carbocycles. The van der Waals surface area contributed by atoms with Crippen LogP contribution in [0.4, 0.5) is 10.1 Å². The highest BCUT2D eigenvalue weighted by Crippen LogP contribution is 2.48. The first-order valence-corrected chi connectivity index (χ1v) is 25.0. The molecular formula is C51H77FN8O6S. The molecule has 2 heterocycles. The number of aliphatic hydroxyl groups is 1. The summed E-state index contributed by atoms with van der Waals surface area (Å²) >= 11 is 2.14. The summed E-state index contributed by atoms with van der Waals surface area (Å²) in [4.78, 5) is 67.9. The summed E-state index contributed by atoms with van der Waals surface area (Å²) in [6.45, 7) is 15.8. The van der Waals surface area contributed by atoms with E-state index in [0.29, 0.717) is 89.9 Å². The third-order valence-electron chi connectivity index (χ3n) is 14.1. The van der Waals surface area contributed by atoms with E-state index in [1.807, 2.05) is 19.1 Å². The van der Waals surface area contributed by atoms with Crippen molar-refractivity contribution in [2.45, 2.75) is 151 Å². The number of aldehydes is 3. The number of unbranched alkanes of at least 4 members (excludes halogenated alkanes) is 2. The molecule has 14 nitrogen and oxygen atoms in total. The van der Waals surface area contributed by atoms with Gasteiger partial charge in [0, 0.05) is 84.9 Å². The number of halogens is 1. The summed E-state index contributed by atoms with van der Waals surface area (Å²) in [6.07, 6.45) is 27.3. The largest absolute Gasteiger partial charge is 0.388 e. The van der Waals surface area contributed by atoms with Crippen molar-refractivity contribution in [1.82, 2.24) is 25.6 Å². The molecule has 4 fully saturated rings. The molecule has 3 aliphatic carbocycles. The fourth-order valence-corrected chi connectivity index (χ4v) is 11.4. The molecule has 0 bridgehead atoms. The van der Waals surface area contributed by atoms with Crippen LogP contribution in [-0.2, 0) is 19.2 Å². The third kappa shape index (κ3) is 15.8. The fourth-order valence-electron chi connectivity index (χ4n) is 9.95. The standard InChI is InChI=1S/C43H61FN6O3S.C5H8O2.C3H8N2O/c1-6-8-32(25-45-5)40(50(30-52)39-9-7-16-42(39,4)53)46-29-47-41(3)17-12-35(13-18-41)54-36-14-21-48(22-15-36)34-10-19-43(20-11-34)27-49(28-43)38-24-33(26-51)31(2)23-37(38)44;6-4-2-1-3-5-7;1-4-5(2)3-6/h6,8,12,17,23-26,30,34-36,39,47,53H,5,7,9-11,13-16,18-22,27-29H2,1-4H3;4-5H,1-3H2;3-4H,1-2H3/b8-6-,32-25-,46-40+;;/t35?,39?,41-,42+;;/m0../s1. The van der Waals surface area contributed by atoms with E-state index < -0.39 is 5.60 Å². The Balaban J connectivity index is 0.000000661. The Labute approximate surface area is 403 Å². The zero-order valence-electron chi connectivity index (χ0n) is 40.8. The van der Waals surface area contributed by atoms with Crippen LogP contribution < -0.4 is 15.6 Å². The summed E-state index contributed by atoms with van der Waals surface area (Å²) in [5.74, 6) is 0.270. The minimum Gasteiger partial charge on any atom is -0.388 e. The van der Waals surface area contributed by atoms with Gasteiger partial charge in [-0.3, -0.25) is 39.6 Å². The number of hydrogen-bond acceptors (Lipinski definition) is 13. The quantitative estimate of drug-likeness (QED) is 0.0249. The number of thioether (sulfide) groups is 1. The van der Waals surface area contributed by atoms with Crippen molar-refractivity contribution in [3.8, 4) is 0 Å². The van der Waals surface area contributed by atoms with Crippen LogP contribution in [0.15, 0.2) is 58.2 Å². The maximum absolute atomic E-state index is 14.7. The molecule has 0 radical (unpaired) electrons. The molecular weight excluding hydrogens is 872 g/mol. The fraction of sp³-hybridized carbons (Fsp3) is 0.627. The van der Waals surface area contributed by atoms with Gasteiger partial charge in [-0.2, -0.15) is 11.8 Å². The summed E-state index contributed by atoms with van der Waals surface area (Å²) in [5.41, 5.74) is 4.22. The Hall–Kier alpha value is -4.35. The Morgan fingerprint density at radius 2 is 1.67 bits per heavy atom. The number of piperidine rings is 1. The van der Waals surface area contributed by atoms with E-state index in [1.54, 1.807) is 45.1 Å². The molecule has 2 saturated carbocycles. The van der Waals surface area contributed by atoms with Gasteiger partial charge in [-0.1, -0.05) is 24.3 Å². The van der Waals surface area contributed by atoms with E-state index in [0.717, 1.165) is 57.6 Å². The second kappa shape index (κ2) is 27.0. The first-order valence-electron chi connectivity index (χ1n) is 24.0. The average Bonchev–Trinajstić information content (AvgIpc) is 3.67. The number of rotatable bonds is 19. The summed E-state index contributed by atoms with van der Waals surface area (Å²) in [5, 5.41) is 17.2. The topological polar surface area (TPSA) is 167 Å². The highest BCUT2D eigenvalue weighted by atomic mass is 32.2. The van der Waals surface area contributed by atoms with E-state index in [-0.39, 0.29) is 22.8 Å². The second-order valence-corrected chi connectivity index (χ2v) is 20.7. The molecule has 6 rings (SSSR count). The van der Waals surface area contributed by atoms with Gasteiger partial charge < -0.3 is 24.5 Å². The van der Waals surface area contributed by atoms with Gasteiger partial charge in [0.15, 0.2) is 0 Å². The second-order valence-electron chi connectivity index (χ2n) is 19.2. The third-order valence-corrected chi connectivity index (χ3v) is 15.7. The first kappa shape index (κ1) is 55.2. The number of benzene rings is 1. The predicted molar refractivity (Wildman–Crippen MR) is 269 cm³/mol. The maximum Gasteiger partial charge on any atom is 0.223 e. The van der Waals surface area contributed by atoms with Crippen molar-refractivity contribution in [1.29, 1.82) is 0 Å². The van der Waals surface area contributed by atoms with Crippen LogP contribution in [0.25, 0.3) is 0 Å². The number of nitrogens with one attached hydrogen (secondary N) is 2. The predicted octanol–water partition coefficient (Wildman–Crippen LogP) is 7.00. The van der Waals surface area contributed by atoms with Crippen LogP contribution in [0.5, 0.6) is 0 Å². The average molecular weight is 949 g/mol. The number of aryl methyl sites for hydroxylation is 1. The number of carbonyl (C=O) groups is 5. The molecule has 2 unspecified atom stereocenters. The number of hydrogen-bond donors (Lipinski definition) is 3. The van der Waals surface area contributed by atoms with E-state index in [4.69, 9.17) is 4.99 Å². The molecule has 5 aliphatic rings. The van der Waals surface area contributed by atoms with Gasteiger partial charge in [-0.25, -0.2) is 9.82 Å². The van der Waals surface area contributed by atoms with Crippen LogP contribution in [0.1, 0.15) is 127 Å². The molecule has 2 amide bonds. The van der Waals surface area contributed by atoms with Gasteiger partial charge in [0.2, 0.25) is 12.8 Å². The summed E-state index contributed by atoms with van der Waals surface area (Å²) < 4.78 is 14.7. The van der Waals surface area contributed by atoms with Crippen LogP contribution in [0.2, 0.25) is 0 Å². The number of amides is 2. The normalized spacial score (nSPS) is 25.6. The Morgan fingerprint density at radius 1 is 0.985 bits per heavy atom. The van der Waals surface area contributed by atoms with E-state index in [2.05, 4.69) is 63.1 Å². The Morgan fingerprint density at radius 3 is 2.18 bits per heavy atom. The van der Waals surface area contributed by atoms with Gasteiger partial charge in [0.05, 0.1) is 24.0 Å². The van der Waals surface area contributed by atoms with E-state index in [9.17, 15) is 33.5 Å². The lowest BCUT2D eigenvalue weighted by Gasteiger charge is -2.55. The lowest BCUT2D eigenvalue weighted by molar-refractivity contribution is -0.120. The van der Waals surface area contributed by atoms with Gasteiger partial charge >= 0.3 is 0 Å². The van der Waals surface area contributed by atoms with Crippen molar-refractivity contribution in [2.24, 2.45) is 15.4 Å². The molecule has 1 spiro atoms. The lowest BCUT2D eigenvalue weighted by atomic mass is 9.67. The van der Waals surface area contributed by atoms with Gasteiger partial charge in [-0.05, 0) is 142 Å². The number of allylic oxidation sites excluding steroid dienone is 1. The van der Waals surface area contributed by atoms with E-state index >= 15 is 0 Å². The minimum absolute atomic E-state index is 0.205. The molecule has 1 aromatic rings. The molecule has 3 N–H and O–H groups in total. The Kier molecular flexibility index (Phi) is 22.3. The van der Waals surface area contributed by atoms with Gasteiger partial charge in [0.25, 0.3) is 0 Å². The van der Waals surface area contributed by atoms with E-state index in [1.165, 1.54) is 62.7 Å². The number of amidine groups is 1. The smallest absolute Gasteiger partial charge is 0.223 e. The minimum atomic E-state index is -0.978. The van der Waals surface area contributed by atoms with Crippen molar-refractivity contribution in [3.63, 3.8) is 0 Å². The SMILES string of the molecule is C=N/C=C(/C=C\C)C(=N/CN[C@@]1(C)C=CC(SC2CCN(C3CCC4(CC3)CN(c3cc(C=O)c(C)cc3F)C4)CC2)CC1)\N(C=O)C1CCC[C@@]1(C)O.CNN(C)C=O.O=CCCCC=O. The van der Waals surface area contributed by atoms with Crippen LogP contribution in [0, 0.1) is 18.2 Å². The van der Waals surface area contributed by atoms with Gasteiger partial charge in [-0.15, -0.1) is 0 Å². The van der Waals surface area contributed by atoms with Crippen LogP contribution >= 0.6 is 11.8 Å². The molecule has 16 heteroatoms. The zero-order chi connectivity index (χ0) is 49.0. The highest BCUT2D eigenvalue weighted by molar-refractivity contribution is 8.00. The number of hydrazine groups is 1. The summed E-state index contributed by atoms with van der Waals surface area (Å²) in [6, 6.07) is 3.52. The summed E-state index contributed by atoms with van der Waals surface area (Å²) in [7, 11) is 3.31. The van der Waals surface area contributed by atoms with Crippen molar-refractivity contribution < 1.29 is 33.5 Å². The molecule has 4 atom stereocenters. The number of anilines is 1. The number of aliphatic imine (C=N–C) groups is 2. The highest BCUT2D eigenvalue weighted by Gasteiger charge is 2.47. The molecule has 0 aromatic heterocycles. The van der Waals surface area contributed by atoms with Gasteiger partial charge in [0.1, 0.15) is 30.5 Å². The first-order chi connectivity index (χ1) is 32.1.